The van der Waals surface area contributed by atoms with Crippen molar-refractivity contribution in [3.8, 4) is 11.5 Å². The number of hydrogen-bond donors (Lipinski definition) is 1. The molecule has 30 heavy (non-hydrogen) atoms. The molecule has 1 N–H and O–H groups in total. The summed E-state index contributed by atoms with van der Waals surface area (Å²) in [7, 11) is 1.59. The van der Waals surface area contributed by atoms with Crippen molar-refractivity contribution in [2.45, 2.75) is 0 Å². The standard InChI is InChI=1S/C23H17Cl2NO4/c1-29-18-8-2-15(3-9-18)4-13-22(27)30-19-10-5-16(6-11-19)23(28)26-21-14-17(24)7-12-20(21)25/h2-14H,1H3,(H,26,28)/b13-4+. The van der Waals surface area contributed by atoms with E-state index in [0.717, 1.165) is 11.3 Å². The normalized spacial score (nSPS) is 10.6. The van der Waals surface area contributed by atoms with Crippen molar-refractivity contribution in [1.29, 1.82) is 0 Å². The number of hydrogen-bond acceptors (Lipinski definition) is 4. The van der Waals surface area contributed by atoms with Gasteiger partial charge >= 0.3 is 5.97 Å². The second kappa shape index (κ2) is 9.96. The Balaban J connectivity index is 1.59. The lowest BCUT2D eigenvalue weighted by molar-refractivity contribution is -0.128. The monoisotopic (exact) mass is 441 g/mol. The summed E-state index contributed by atoms with van der Waals surface area (Å²) < 4.78 is 10.3. The Morgan fingerprint density at radius 3 is 2.23 bits per heavy atom. The molecule has 0 aromatic heterocycles. The summed E-state index contributed by atoms with van der Waals surface area (Å²) in [6.45, 7) is 0. The third-order valence-electron chi connectivity index (χ3n) is 4.04. The average molecular weight is 442 g/mol. The predicted octanol–water partition coefficient (Wildman–Crippen LogP) is 5.87. The predicted molar refractivity (Wildman–Crippen MR) is 119 cm³/mol. The van der Waals surface area contributed by atoms with Gasteiger partial charge in [0, 0.05) is 16.7 Å². The average Bonchev–Trinajstić information content (AvgIpc) is 2.75. The minimum Gasteiger partial charge on any atom is -0.497 e. The smallest absolute Gasteiger partial charge is 0.336 e. The Kier molecular flexibility index (Phi) is 7.12. The fourth-order valence-electron chi connectivity index (χ4n) is 2.49. The number of ether oxygens (including phenoxy) is 2. The fraction of sp³-hybridized carbons (Fsp3) is 0.0435. The van der Waals surface area contributed by atoms with E-state index in [1.165, 1.54) is 18.2 Å². The van der Waals surface area contributed by atoms with Crippen LogP contribution in [0.15, 0.2) is 72.8 Å². The maximum absolute atomic E-state index is 12.4. The van der Waals surface area contributed by atoms with E-state index in [4.69, 9.17) is 32.7 Å². The van der Waals surface area contributed by atoms with Crippen LogP contribution in [0.3, 0.4) is 0 Å². The van der Waals surface area contributed by atoms with Crippen LogP contribution in [-0.2, 0) is 4.79 Å². The van der Waals surface area contributed by atoms with Crippen LogP contribution in [0.2, 0.25) is 10.0 Å². The topological polar surface area (TPSA) is 64.6 Å². The number of benzene rings is 3. The van der Waals surface area contributed by atoms with Gasteiger partial charge in [0.05, 0.1) is 17.8 Å². The molecule has 0 saturated carbocycles. The van der Waals surface area contributed by atoms with Gasteiger partial charge in [-0.25, -0.2) is 4.79 Å². The highest BCUT2D eigenvalue weighted by atomic mass is 35.5. The second-order valence-corrected chi connectivity index (χ2v) is 6.97. The Hall–Kier alpha value is -3.28. The molecule has 0 unspecified atom stereocenters. The number of carbonyl (C=O) groups is 2. The first-order valence-corrected chi connectivity index (χ1v) is 9.60. The SMILES string of the molecule is COc1ccc(/C=C/C(=O)Oc2ccc(C(=O)Nc3cc(Cl)ccc3Cl)cc2)cc1. The molecule has 0 saturated heterocycles. The van der Waals surface area contributed by atoms with Crippen LogP contribution in [-0.4, -0.2) is 19.0 Å². The molecule has 3 aromatic rings. The molecular weight excluding hydrogens is 425 g/mol. The summed E-state index contributed by atoms with van der Waals surface area (Å²) in [5.74, 6) is 0.151. The van der Waals surface area contributed by atoms with Gasteiger partial charge in [0.1, 0.15) is 11.5 Å². The highest BCUT2D eigenvalue weighted by molar-refractivity contribution is 6.35. The van der Waals surface area contributed by atoms with Gasteiger partial charge in [-0.2, -0.15) is 0 Å². The molecule has 0 fully saturated rings. The van der Waals surface area contributed by atoms with Crippen LogP contribution in [0.1, 0.15) is 15.9 Å². The third kappa shape index (κ3) is 5.86. The fourth-order valence-corrected chi connectivity index (χ4v) is 2.83. The first-order valence-electron chi connectivity index (χ1n) is 8.85. The number of rotatable bonds is 6. The lowest BCUT2D eigenvalue weighted by atomic mass is 10.2. The molecule has 0 spiro atoms. The van der Waals surface area contributed by atoms with E-state index in [0.29, 0.717) is 27.0 Å². The first kappa shape index (κ1) is 21.4. The third-order valence-corrected chi connectivity index (χ3v) is 4.60. The molecule has 0 aliphatic carbocycles. The minimum absolute atomic E-state index is 0.316. The van der Waals surface area contributed by atoms with Crippen molar-refractivity contribution in [2.75, 3.05) is 12.4 Å². The van der Waals surface area contributed by atoms with Gasteiger partial charge in [0.25, 0.3) is 5.91 Å². The Morgan fingerprint density at radius 2 is 1.57 bits per heavy atom. The van der Waals surface area contributed by atoms with Crippen molar-refractivity contribution in [2.24, 2.45) is 0 Å². The highest BCUT2D eigenvalue weighted by Gasteiger charge is 2.10. The van der Waals surface area contributed by atoms with E-state index in [-0.39, 0.29) is 5.91 Å². The molecular formula is C23H17Cl2NO4. The second-order valence-electron chi connectivity index (χ2n) is 6.13. The molecule has 0 radical (unpaired) electrons. The van der Waals surface area contributed by atoms with Gasteiger partial charge in [-0.1, -0.05) is 35.3 Å². The maximum Gasteiger partial charge on any atom is 0.336 e. The highest BCUT2D eigenvalue weighted by Crippen LogP contribution is 2.26. The zero-order valence-electron chi connectivity index (χ0n) is 15.9. The zero-order valence-corrected chi connectivity index (χ0v) is 17.4. The van der Waals surface area contributed by atoms with E-state index in [1.807, 2.05) is 12.1 Å². The lowest BCUT2D eigenvalue weighted by Gasteiger charge is -2.08. The number of amides is 1. The van der Waals surface area contributed by atoms with E-state index in [9.17, 15) is 9.59 Å². The number of anilines is 1. The van der Waals surface area contributed by atoms with Gasteiger partial charge in [-0.15, -0.1) is 0 Å². The molecule has 0 aliphatic rings. The molecule has 152 valence electrons. The molecule has 5 nitrogen and oxygen atoms in total. The van der Waals surface area contributed by atoms with Crippen molar-refractivity contribution >= 4 is 46.8 Å². The van der Waals surface area contributed by atoms with Crippen molar-refractivity contribution < 1.29 is 19.1 Å². The summed E-state index contributed by atoms with van der Waals surface area (Å²) in [4.78, 5) is 24.4. The maximum atomic E-state index is 12.4. The lowest BCUT2D eigenvalue weighted by Crippen LogP contribution is -2.12. The summed E-state index contributed by atoms with van der Waals surface area (Å²) in [6, 6.07) is 18.2. The number of methoxy groups -OCH3 is 1. The van der Waals surface area contributed by atoms with Crippen LogP contribution < -0.4 is 14.8 Å². The van der Waals surface area contributed by atoms with E-state index in [2.05, 4.69) is 5.32 Å². The van der Waals surface area contributed by atoms with Gasteiger partial charge in [-0.3, -0.25) is 4.79 Å². The van der Waals surface area contributed by atoms with Crippen LogP contribution in [0.5, 0.6) is 11.5 Å². The molecule has 0 heterocycles. The van der Waals surface area contributed by atoms with Crippen molar-refractivity contribution in [3.05, 3.63) is 94.0 Å². The quantitative estimate of drug-likeness (QED) is 0.295. The van der Waals surface area contributed by atoms with Crippen LogP contribution >= 0.6 is 23.2 Å². The Bertz CT molecular complexity index is 1080. The van der Waals surface area contributed by atoms with Crippen LogP contribution in [0.4, 0.5) is 5.69 Å². The molecule has 1 amide bonds. The zero-order chi connectivity index (χ0) is 21.5. The van der Waals surface area contributed by atoms with Gasteiger partial charge < -0.3 is 14.8 Å². The van der Waals surface area contributed by atoms with E-state index in [1.54, 1.807) is 55.7 Å². The number of halogens is 2. The van der Waals surface area contributed by atoms with E-state index >= 15 is 0 Å². The van der Waals surface area contributed by atoms with Crippen LogP contribution in [0, 0.1) is 0 Å². The molecule has 0 atom stereocenters. The summed E-state index contributed by atoms with van der Waals surface area (Å²) >= 11 is 12.0. The number of esters is 1. The molecule has 3 rings (SSSR count). The van der Waals surface area contributed by atoms with Gasteiger partial charge in [-0.05, 0) is 66.2 Å². The summed E-state index contributed by atoms with van der Waals surface area (Å²) in [5, 5.41) is 3.53. The van der Waals surface area contributed by atoms with Crippen molar-refractivity contribution in [3.63, 3.8) is 0 Å². The molecule has 7 heteroatoms. The number of nitrogens with one attached hydrogen (secondary N) is 1. The summed E-state index contributed by atoms with van der Waals surface area (Å²) in [6.07, 6.45) is 2.96. The summed E-state index contributed by atoms with van der Waals surface area (Å²) in [5.41, 5.74) is 1.62. The number of carbonyl (C=O) groups excluding carboxylic acids is 2. The first-order chi connectivity index (χ1) is 14.4. The van der Waals surface area contributed by atoms with Gasteiger partial charge in [0.2, 0.25) is 0 Å². The van der Waals surface area contributed by atoms with Gasteiger partial charge in [0.15, 0.2) is 0 Å². The molecule has 0 bridgehead atoms. The Labute approximate surface area is 183 Å². The van der Waals surface area contributed by atoms with Crippen LogP contribution in [0.25, 0.3) is 6.08 Å². The largest absolute Gasteiger partial charge is 0.497 e. The minimum atomic E-state index is -0.534. The Morgan fingerprint density at radius 1 is 0.900 bits per heavy atom. The molecule has 0 aliphatic heterocycles. The van der Waals surface area contributed by atoms with Crippen molar-refractivity contribution in [1.82, 2.24) is 0 Å². The van der Waals surface area contributed by atoms with E-state index < -0.39 is 5.97 Å². The molecule has 3 aromatic carbocycles.